The van der Waals surface area contributed by atoms with Crippen molar-refractivity contribution >= 4 is 39.1 Å². The summed E-state index contributed by atoms with van der Waals surface area (Å²) >= 11 is 1.30. The zero-order valence-corrected chi connectivity index (χ0v) is 13.8. The molecule has 0 aliphatic rings. The molecule has 3 N–H and O–H groups in total. The van der Waals surface area contributed by atoms with Gasteiger partial charge in [-0.1, -0.05) is 0 Å². The van der Waals surface area contributed by atoms with E-state index in [9.17, 15) is 19.2 Å². The Hall–Kier alpha value is -3.20. The number of carbonyl (C=O) groups is 2. The lowest BCUT2D eigenvalue weighted by Gasteiger charge is -2.07. The molecule has 1 aromatic carbocycles. The van der Waals surface area contributed by atoms with Crippen LogP contribution in [-0.2, 0) is 11.3 Å². The molecule has 3 aromatic rings. The molecule has 3 rings (SSSR count). The van der Waals surface area contributed by atoms with Crippen LogP contribution in [0.1, 0.15) is 15.2 Å². The third-order valence-corrected chi connectivity index (χ3v) is 4.48. The van der Waals surface area contributed by atoms with Crippen LogP contribution in [0, 0.1) is 6.92 Å². The van der Waals surface area contributed by atoms with Crippen LogP contribution in [0.25, 0.3) is 10.2 Å². The smallest absolute Gasteiger partial charge is 0.335 e. The zero-order valence-electron chi connectivity index (χ0n) is 13.0. The molecule has 128 valence electrons. The van der Waals surface area contributed by atoms with Crippen molar-refractivity contribution < 1.29 is 14.7 Å². The molecule has 2 aromatic heterocycles. The van der Waals surface area contributed by atoms with Gasteiger partial charge in [0.25, 0.3) is 5.56 Å². The maximum Gasteiger partial charge on any atom is 0.335 e. The number of nitrogens with zero attached hydrogens (tertiary/aromatic N) is 1. The molecule has 0 fully saturated rings. The van der Waals surface area contributed by atoms with Crippen LogP contribution in [0.3, 0.4) is 0 Å². The normalized spacial score (nSPS) is 10.8. The fraction of sp³-hybridized carbons (Fsp3) is 0.125. The van der Waals surface area contributed by atoms with E-state index in [1.165, 1.54) is 35.6 Å². The standard InChI is InChI=1S/C16H13N3O5S/c1-8-6-11-13(25-8)18-16(24)19(14(11)21)7-12(20)17-10-4-2-9(3-5-10)15(22)23/h2-6H,7H2,1H3,(H,17,20)(H,18,24)(H,22,23). The number of hydrogen-bond acceptors (Lipinski definition) is 5. The molecule has 1 amide bonds. The summed E-state index contributed by atoms with van der Waals surface area (Å²) in [7, 11) is 0. The lowest BCUT2D eigenvalue weighted by molar-refractivity contribution is -0.116. The second kappa shape index (κ2) is 6.36. The van der Waals surface area contributed by atoms with Crippen LogP contribution >= 0.6 is 11.3 Å². The third-order valence-electron chi connectivity index (χ3n) is 3.51. The highest BCUT2D eigenvalue weighted by molar-refractivity contribution is 7.18. The van der Waals surface area contributed by atoms with E-state index in [2.05, 4.69) is 10.3 Å². The van der Waals surface area contributed by atoms with Gasteiger partial charge in [0.15, 0.2) is 0 Å². The maximum atomic E-state index is 12.4. The largest absolute Gasteiger partial charge is 0.478 e. The van der Waals surface area contributed by atoms with Gasteiger partial charge in [-0.05, 0) is 37.3 Å². The molecule has 9 heteroatoms. The molecule has 0 aliphatic carbocycles. The number of fused-ring (bicyclic) bond motifs is 1. The quantitative estimate of drug-likeness (QED) is 0.650. The first kappa shape index (κ1) is 16.7. The number of aromatic carboxylic acids is 1. The summed E-state index contributed by atoms with van der Waals surface area (Å²) in [6.07, 6.45) is 0. The fourth-order valence-electron chi connectivity index (χ4n) is 2.35. The average molecular weight is 359 g/mol. The fourth-order valence-corrected chi connectivity index (χ4v) is 3.25. The van der Waals surface area contributed by atoms with Gasteiger partial charge in [0.05, 0.1) is 10.9 Å². The molecule has 25 heavy (non-hydrogen) atoms. The molecule has 0 unspecified atom stereocenters. The number of carbonyl (C=O) groups excluding carboxylic acids is 1. The minimum Gasteiger partial charge on any atom is -0.478 e. The SMILES string of the molecule is Cc1cc2c(=O)n(CC(=O)Nc3ccc(C(=O)O)cc3)c(=O)[nH]c2s1. The van der Waals surface area contributed by atoms with Gasteiger partial charge in [0.1, 0.15) is 11.4 Å². The maximum absolute atomic E-state index is 12.4. The number of carboxylic acid groups (broad SMARTS) is 1. The van der Waals surface area contributed by atoms with Crippen molar-refractivity contribution in [2.45, 2.75) is 13.5 Å². The number of anilines is 1. The molecule has 0 spiro atoms. The summed E-state index contributed by atoms with van der Waals surface area (Å²) < 4.78 is 0.829. The number of thiophene rings is 1. The van der Waals surface area contributed by atoms with Gasteiger partial charge in [-0.3, -0.25) is 19.1 Å². The van der Waals surface area contributed by atoms with Crippen LogP contribution in [0.4, 0.5) is 5.69 Å². The van der Waals surface area contributed by atoms with Crippen molar-refractivity contribution in [1.29, 1.82) is 0 Å². The van der Waals surface area contributed by atoms with Gasteiger partial charge in [-0.25, -0.2) is 9.59 Å². The van der Waals surface area contributed by atoms with Gasteiger partial charge in [-0.15, -0.1) is 11.3 Å². The Bertz CT molecular complexity index is 1090. The Labute approximate surface area is 144 Å². The van der Waals surface area contributed by atoms with Gasteiger partial charge in [0, 0.05) is 10.6 Å². The Morgan fingerprint density at radius 3 is 2.56 bits per heavy atom. The summed E-state index contributed by atoms with van der Waals surface area (Å²) in [6, 6.07) is 7.21. The third kappa shape index (κ3) is 3.36. The first-order valence-corrected chi connectivity index (χ1v) is 8.03. The molecule has 2 heterocycles. The van der Waals surface area contributed by atoms with Crippen molar-refractivity contribution in [1.82, 2.24) is 9.55 Å². The zero-order chi connectivity index (χ0) is 18.1. The molecular weight excluding hydrogens is 346 g/mol. The van der Waals surface area contributed by atoms with Crippen molar-refractivity contribution in [3.05, 3.63) is 61.6 Å². The molecule has 8 nitrogen and oxygen atoms in total. The van der Waals surface area contributed by atoms with Crippen LogP contribution in [0.15, 0.2) is 39.9 Å². The Kier molecular flexibility index (Phi) is 4.24. The highest BCUT2D eigenvalue weighted by atomic mass is 32.1. The van der Waals surface area contributed by atoms with Crippen molar-refractivity contribution in [3.8, 4) is 0 Å². The van der Waals surface area contributed by atoms with E-state index in [1.54, 1.807) is 6.07 Å². The van der Waals surface area contributed by atoms with Gasteiger partial charge >= 0.3 is 11.7 Å². The lowest BCUT2D eigenvalue weighted by atomic mass is 10.2. The Balaban J connectivity index is 1.83. The average Bonchev–Trinajstić information content (AvgIpc) is 2.92. The highest BCUT2D eigenvalue weighted by Crippen LogP contribution is 2.18. The second-order valence-electron chi connectivity index (χ2n) is 5.35. The first-order chi connectivity index (χ1) is 11.8. The predicted molar refractivity (Wildman–Crippen MR) is 93.5 cm³/mol. The molecule has 0 atom stereocenters. The summed E-state index contributed by atoms with van der Waals surface area (Å²) in [4.78, 5) is 51.3. The van der Waals surface area contributed by atoms with E-state index in [1.807, 2.05) is 6.92 Å². The van der Waals surface area contributed by atoms with Gasteiger partial charge in [0.2, 0.25) is 5.91 Å². The summed E-state index contributed by atoms with van der Waals surface area (Å²) in [6.45, 7) is 1.37. The van der Waals surface area contributed by atoms with E-state index in [0.29, 0.717) is 15.9 Å². The predicted octanol–water partition coefficient (Wildman–Crippen LogP) is 1.40. The van der Waals surface area contributed by atoms with E-state index in [0.717, 1.165) is 9.44 Å². The van der Waals surface area contributed by atoms with Crippen LogP contribution < -0.4 is 16.6 Å². The number of hydrogen-bond donors (Lipinski definition) is 3. The van der Waals surface area contributed by atoms with E-state index < -0.39 is 29.7 Å². The van der Waals surface area contributed by atoms with Gasteiger partial charge < -0.3 is 10.4 Å². The van der Waals surface area contributed by atoms with Crippen LogP contribution in [-0.4, -0.2) is 26.5 Å². The molecule has 0 aliphatic heterocycles. The van der Waals surface area contributed by atoms with Crippen molar-refractivity contribution in [2.24, 2.45) is 0 Å². The first-order valence-electron chi connectivity index (χ1n) is 7.21. The van der Waals surface area contributed by atoms with Gasteiger partial charge in [-0.2, -0.15) is 0 Å². The number of H-pyrrole nitrogens is 1. The number of aromatic nitrogens is 2. The number of aromatic amines is 1. The van der Waals surface area contributed by atoms with E-state index in [4.69, 9.17) is 5.11 Å². The second-order valence-corrected chi connectivity index (χ2v) is 6.61. The Morgan fingerprint density at radius 1 is 1.24 bits per heavy atom. The molecule has 0 radical (unpaired) electrons. The topological polar surface area (TPSA) is 121 Å². The van der Waals surface area contributed by atoms with E-state index in [-0.39, 0.29) is 5.56 Å². The van der Waals surface area contributed by atoms with Crippen LogP contribution in [0.2, 0.25) is 0 Å². The summed E-state index contributed by atoms with van der Waals surface area (Å²) in [5.74, 6) is -1.64. The minimum atomic E-state index is -1.07. The van der Waals surface area contributed by atoms with E-state index >= 15 is 0 Å². The number of benzene rings is 1. The van der Waals surface area contributed by atoms with Crippen molar-refractivity contribution in [3.63, 3.8) is 0 Å². The van der Waals surface area contributed by atoms with Crippen molar-refractivity contribution in [2.75, 3.05) is 5.32 Å². The Morgan fingerprint density at radius 2 is 1.92 bits per heavy atom. The lowest BCUT2D eigenvalue weighted by Crippen LogP contribution is -2.38. The molecule has 0 bridgehead atoms. The number of rotatable bonds is 4. The molecular formula is C16H13N3O5S. The minimum absolute atomic E-state index is 0.0870. The highest BCUT2D eigenvalue weighted by Gasteiger charge is 2.13. The number of nitrogens with one attached hydrogen (secondary N) is 2. The summed E-state index contributed by atoms with van der Waals surface area (Å²) in [5, 5.41) is 11.7. The number of carboxylic acids is 1. The molecule has 0 saturated heterocycles. The summed E-state index contributed by atoms with van der Waals surface area (Å²) in [5.41, 5.74) is -0.730. The monoisotopic (exact) mass is 359 g/mol. The van der Waals surface area contributed by atoms with Crippen LogP contribution in [0.5, 0.6) is 0 Å². The molecule has 0 saturated carbocycles. The number of aryl methyl sites for hydroxylation is 1. The number of amides is 1.